The Labute approximate surface area is 189 Å². The highest BCUT2D eigenvalue weighted by Gasteiger charge is 2.54. The minimum absolute atomic E-state index is 0.0552. The quantitative estimate of drug-likeness (QED) is 0.400. The number of carbonyl (C=O) groups is 3. The molecule has 0 radical (unpaired) electrons. The van der Waals surface area contributed by atoms with Crippen LogP contribution in [0.2, 0.25) is 5.02 Å². The fraction of sp³-hybridized carbons (Fsp3) is 0.278. The molecule has 1 unspecified atom stereocenters. The molecule has 1 fully saturated rings. The molecule has 13 heteroatoms. The SMILES string of the molecule is O=C(NCc1ccc(Cl)cc1)NC1C(=O)N2C(C(=O)O)=C(CSc3nnco3)CS[C@@H]12. The lowest BCUT2D eigenvalue weighted by Gasteiger charge is -2.49. The maximum absolute atomic E-state index is 12.6. The van der Waals surface area contributed by atoms with Crippen LogP contribution in [0, 0.1) is 0 Å². The normalized spacial score (nSPS) is 20.2. The first kappa shape index (κ1) is 21.5. The van der Waals surface area contributed by atoms with Gasteiger partial charge in [0.1, 0.15) is 17.1 Å². The lowest BCUT2D eigenvalue weighted by Crippen LogP contribution is -2.71. The van der Waals surface area contributed by atoms with Gasteiger partial charge in [0.05, 0.1) is 0 Å². The van der Waals surface area contributed by atoms with Gasteiger partial charge >= 0.3 is 12.0 Å². The van der Waals surface area contributed by atoms with Gasteiger partial charge in [0.15, 0.2) is 0 Å². The smallest absolute Gasteiger partial charge is 0.352 e. The van der Waals surface area contributed by atoms with Crippen molar-refractivity contribution in [1.82, 2.24) is 25.7 Å². The van der Waals surface area contributed by atoms with Crippen molar-refractivity contribution in [2.24, 2.45) is 0 Å². The van der Waals surface area contributed by atoms with Gasteiger partial charge in [-0.3, -0.25) is 9.69 Å². The van der Waals surface area contributed by atoms with E-state index in [0.717, 1.165) is 5.56 Å². The monoisotopic (exact) mass is 481 g/mol. The number of hydrogen-bond donors (Lipinski definition) is 3. The van der Waals surface area contributed by atoms with Crippen molar-refractivity contribution in [3.05, 3.63) is 52.5 Å². The molecule has 2 aliphatic heterocycles. The molecule has 3 N–H and O–H groups in total. The Morgan fingerprint density at radius 2 is 2.13 bits per heavy atom. The fourth-order valence-electron chi connectivity index (χ4n) is 3.15. The van der Waals surface area contributed by atoms with Crippen molar-refractivity contribution >= 4 is 53.0 Å². The van der Waals surface area contributed by atoms with E-state index >= 15 is 0 Å². The van der Waals surface area contributed by atoms with Crippen LogP contribution in [0.1, 0.15) is 5.56 Å². The second-order valence-corrected chi connectivity index (χ2v) is 9.06. The maximum atomic E-state index is 12.6. The molecule has 1 saturated heterocycles. The van der Waals surface area contributed by atoms with Crippen molar-refractivity contribution in [1.29, 1.82) is 0 Å². The lowest BCUT2D eigenvalue weighted by atomic mass is 10.0. The zero-order valence-electron chi connectivity index (χ0n) is 15.8. The first-order valence-electron chi connectivity index (χ1n) is 9.02. The van der Waals surface area contributed by atoms with Crippen LogP contribution in [0.5, 0.6) is 0 Å². The maximum Gasteiger partial charge on any atom is 0.352 e. The Bertz CT molecular complexity index is 1030. The van der Waals surface area contributed by atoms with Crippen LogP contribution < -0.4 is 10.6 Å². The van der Waals surface area contributed by atoms with Gasteiger partial charge < -0.3 is 20.2 Å². The number of urea groups is 1. The van der Waals surface area contributed by atoms with Crippen LogP contribution in [0.4, 0.5) is 4.79 Å². The molecule has 0 saturated carbocycles. The number of carbonyl (C=O) groups excluding carboxylic acids is 2. The van der Waals surface area contributed by atoms with Crippen molar-refractivity contribution in [3.63, 3.8) is 0 Å². The second kappa shape index (κ2) is 9.20. The number of carboxylic acids is 1. The summed E-state index contributed by atoms with van der Waals surface area (Å²) in [6, 6.07) is 5.70. The van der Waals surface area contributed by atoms with Gasteiger partial charge in [-0.1, -0.05) is 35.5 Å². The van der Waals surface area contributed by atoms with Gasteiger partial charge in [0.25, 0.3) is 11.1 Å². The van der Waals surface area contributed by atoms with E-state index in [1.54, 1.807) is 24.3 Å². The summed E-state index contributed by atoms with van der Waals surface area (Å²) in [7, 11) is 0. The molecule has 3 heterocycles. The summed E-state index contributed by atoms with van der Waals surface area (Å²) in [6.07, 6.45) is 1.19. The zero-order valence-corrected chi connectivity index (χ0v) is 18.2. The van der Waals surface area contributed by atoms with Crippen LogP contribution in [0.15, 0.2) is 51.6 Å². The van der Waals surface area contributed by atoms with E-state index in [1.807, 2.05) is 0 Å². The van der Waals surface area contributed by atoms with Gasteiger partial charge in [0.2, 0.25) is 6.39 Å². The Balaban J connectivity index is 1.37. The van der Waals surface area contributed by atoms with E-state index in [1.165, 1.54) is 34.8 Å². The van der Waals surface area contributed by atoms with Gasteiger partial charge in [-0.05, 0) is 23.3 Å². The zero-order chi connectivity index (χ0) is 22.0. The standard InChI is InChI=1S/C18H16ClN5O5S2/c19-11-3-1-9(2-4-11)5-20-17(28)22-12-14(25)24-13(16(26)27)10(6-30-15(12)24)7-31-18-23-21-8-29-18/h1-4,8,12,15H,5-7H2,(H,26,27)(H2,20,22,28)/t12?,15-/m0/s1. The predicted octanol–water partition coefficient (Wildman–Crippen LogP) is 1.94. The summed E-state index contributed by atoms with van der Waals surface area (Å²) < 4.78 is 5.05. The number of halogens is 1. The lowest BCUT2D eigenvalue weighted by molar-refractivity contribution is -0.148. The van der Waals surface area contributed by atoms with Crippen molar-refractivity contribution in [3.8, 4) is 0 Å². The Morgan fingerprint density at radius 1 is 1.35 bits per heavy atom. The van der Waals surface area contributed by atoms with Crippen LogP contribution in [0.25, 0.3) is 0 Å². The average molecular weight is 482 g/mol. The molecule has 0 bridgehead atoms. The van der Waals surface area contributed by atoms with E-state index in [-0.39, 0.29) is 12.2 Å². The molecule has 4 rings (SSSR count). The summed E-state index contributed by atoms with van der Waals surface area (Å²) >= 11 is 8.43. The first-order chi connectivity index (χ1) is 14.9. The highest BCUT2D eigenvalue weighted by Crippen LogP contribution is 2.41. The number of nitrogens with one attached hydrogen (secondary N) is 2. The summed E-state index contributed by atoms with van der Waals surface area (Å²) in [5.41, 5.74) is 1.38. The third-order valence-corrected chi connectivity index (χ3v) is 7.12. The molecular formula is C18H16ClN5O5S2. The summed E-state index contributed by atoms with van der Waals surface area (Å²) in [5.74, 6) is -0.948. The van der Waals surface area contributed by atoms with Crippen molar-refractivity contribution in [2.75, 3.05) is 11.5 Å². The number of thioether (sulfide) groups is 2. The Hall–Kier alpha value is -2.70. The number of fused-ring (bicyclic) bond motifs is 1. The number of rotatable bonds is 7. The third kappa shape index (κ3) is 4.65. The molecule has 10 nitrogen and oxygen atoms in total. The Morgan fingerprint density at radius 3 is 2.81 bits per heavy atom. The highest BCUT2D eigenvalue weighted by molar-refractivity contribution is 8.01. The highest BCUT2D eigenvalue weighted by atomic mass is 35.5. The van der Waals surface area contributed by atoms with Crippen LogP contribution >= 0.6 is 35.1 Å². The van der Waals surface area contributed by atoms with E-state index in [2.05, 4.69) is 20.8 Å². The number of hydrogen-bond acceptors (Lipinski definition) is 8. The number of amides is 3. The molecule has 1 aromatic carbocycles. The van der Waals surface area contributed by atoms with Gasteiger partial charge in [-0.15, -0.1) is 22.0 Å². The van der Waals surface area contributed by atoms with E-state index in [0.29, 0.717) is 27.3 Å². The largest absolute Gasteiger partial charge is 0.477 e. The molecule has 2 aliphatic rings. The fourth-order valence-corrected chi connectivity index (χ4v) is 5.50. The number of aliphatic carboxylic acids is 1. The van der Waals surface area contributed by atoms with Crippen LogP contribution in [-0.2, 0) is 16.1 Å². The Kier molecular flexibility index (Phi) is 6.39. The van der Waals surface area contributed by atoms with Crippen LogP contribution in [0.3, 0.4) is 0 Å². The average Bonchev–Trinajstić information content (AvgIpc) is 3.28. The molecule has 1 aromatic heterocycles. The topological polar surface area (TPSA) is 138 Å². The molecule has 31 heavy (non-hydrogen) atoms. The van der Waals surface area contributed by atoms with Gasteiger partial charge in [0, 0.05) is 23.1 Å². The molecule has 2 aromatic rings. The number of β-lactam (4-membered cyclic amide) rings is 1. The third-order valence-electron chi connectivity index (χ3n) is 4.61. The van der Waals surface area contributed by atoms with E-state index in [4.69, 9.17) is 16.0 Å². The molecule has 0 spiro atoms. The molecule has 2 atom stereocenters. The van der Waals surface area contributed by atoms with E-state index in [9.17, 15) is 19.5 Å². The molecule has 3 amide bonds. The summed E-state index contributed by atoms with van der Waals surface area (Å²) in [4.78, 5) is 38.0. The summed E-state index contributed by atoms with van der Waals surface area (Å²) in [5, 5.41) is 22.8. The summed E-state index contributed by atoms with van der Waals surface area (Å²) in [6.45, 7) is 0.267. The number of benzene rings is 1. The number of nitrogens with zero attached hydrogens (tertiary/aromatic N) is 3. The van der Waals surface area contributed by atoms with E-state index < -0.39 is 29.3 Å². The van der Waals surface area contributed by atoms with Crippen LogP contribution in [-0.4, -0.2) is 61.0 Å². The second-order valence-electron chi connectivity index (χ2n) is 6.59. The minimum Gasteiger partial charge on any atom is -0.477 e. The predicted molar refractivity (Wildman–Crippen MR) is 113 cm³/mol. The van der Waals surface area contributed by atoms with Gasteiger partial charge in [-0.25, -0.2) is 9.59 Å². The number of aromatic nitrogens is 2. The van der Waals surface area contributed by atoms with Crippen molar-refractivity contribution in [2.45, 2.75) is 23.2 Å². The minimum atomic E-state index is -1.19. The molecule has 0 aliphatic carbocycles. The molecule has 162 valence electrons. The molecular weight excluding hydrogens is 466 g/mol. The van der Waals surface area contributed by atoms with Gasteiger partial charge in [-0.2, -0.15) is 0 Å². The van der Waals surface area contributed by atoms with Crippen molar-refractivity contribution < 1.29 is 23.9 Å². The number of carboxylic acid groups (broad SMARTS) is 1. The first-order valence-corrected chi connectivity index (χ1v) is 11.4.